The number of hydrogen-bond donors (Lipinski definition) is 2. The molecule has 2 heterocycles. The van der Waals surface area contributed by atoms with E-state index in [1.165, 1.54) is 0 Å². The highest BCUT2D eigenvalue weighted by Gasteiger charge is 2.23. The first-order valence-electron chi connectivity index (χ1n) is 9.61. The van der Waals surface area contributed by atoms with E-state index in [9.17, 15) is 4.79 Å². The molecule has 0 aliphatic carbocycles. The normalized spacial score (nSPS) is 15.5. The standard InChI is InChI=1S/C20H28N6O2/c1-3-28-20(27)26-9-7-18(8-10-26)24-19(21)22-12-15-5-4-6-16(11-15)17-13-23-25(2)14-17/h4-6,11,13-14,18H,3,7-10,12H2,1-2H3,(H3,21,22,24). The van der Waals surface area contributed by atoms with Crippen molar-refractivity contribution < 1.29 is 9.53 Å². The zero-order valence-electron chi connectivity index (χ0n) is 16.5. The Morgan fingerprint density at radius 1 is 1.36 bits per heavy atom. The van der Waals surface area contributed by atoms with Crippen LogP contribution in [-0.2, 0) is 18.3 Å². The highest BCUT2D eigenvalue weighted by Crippen LogP contribution is 2.20. The summed E-state index contributed by atoms with van der Waals surface area (Å²) in [5.41, 5.74) is 9.34. The van der Waals surface area contributed by atoms with E-state index >= 15 is 0 Å². The summed E-state index contributed by atoms with van der Waals surface area (Å²) in [6.45, 7) is 4.05. The second-order valence-corrected chi connectivity index (χ2v) is 6.91. The largest absolute Gasteiger partial charge is 0.450 e. The second-order valence-electron chi connectivity index (χ2n) is 6.91. The van der Waals surface area contributed by atoms with Gasteiger partial charge in [0.25, 0.3) is 0 Å². The van der Waals surface area contributed by atoms with Gasteiger partial charge in [-0.3, -0.25) is 4.68 Å². The molecule has 2 aromatic rings. The van der Waals surface area contributed by atoms with Crippen molar-refractivity contribution in [2.75, 3.05) is 19.7 Å². The summed E-state index contributed by atoms with van der Waals surface area (Å²) in [6, 6.07) is 8.43. The number of carbonyl (C=O) groups is 1. The lowest BCUT2D eigenvalue weighted by Crippen LogP contribution is -2.48. The number of nitrogens with zero attached hydrogens (tertiary/aromatic N) is 4. The lowest BCUT2D eigenvalue weighted by Gasteiger charge is -2.31. The van der Waals surface area contributed by atoms with Crippen LogP contribution in [0.15, 0.2) is 41.7 Å². The van der Waals surface area contributed by atoms with Crippen LogP contribution in [0.4, 0.5) is 4.79 Å². The van der Waals surface area contributed by atoms with Crippen molar-refractivity contribution in [2.24, 2.45) is 17.8 Å². The molecule has 8 heteroatoms. The molecule has 1 fully saturated rings. The summed E-state index contributed by atoms with van der Waals surface area (Å²) in [5.74, 6) is 0.432. The second kappa shape index (κ2) is 9.25. The molecule has 1 saturated heterocycles. The average Bonchev–Trinajstić information content (AvgIpc) is 3.14. The molecule has 0 radical (unpaired) electrons. The molecule has 0 spiro atoms. The molecule has 0 saturated carbocycles. The fourth-order valence-electron chi connectivity index (χ4n) is 3.27. The molecule has 3 N–H and O–H groups in total. The van der Waals surface area contributed by atoms with Crippen LogP contribution in [0.2, 0.25) is 0 Å². The van der Waals surface area contributed by atoms with Crippen LogP contribution in [0, 0.1) is 0 Å². The molecule has 28 heavy (non-hydrogen) atoms. The van der Waals surface area contributed by atoms with Crippen LogP contribution in [0.1, 0.15) is 25.3 Å². The Morgan fingerprint density at radius 3 is 2.82 bits per heavy atom. The van der Waals surface area contributed by atoms with Crippen LogP contribution >= 0.6 is 0 Å². The summed E-state index contributed by atoms with van der Waals surface area (Å²) < 4.78 is 6.83. The minimum absolute atomic E-state index is 0.219. The number of hydrogen-bond acceptors (Lipinski definition) is 4. The van der Waals surface area contributed by atoms with E-state index in [4.69, 9.17) is 10.5 Å². The van der Waals surface area contributed by atoms with Gasteiger partial charge >= 0.3 is 6.09 Å². The van der Waals surface area contributed by atoms with Gasteiger partial charge in [0.05, 0.1) is 19.3 Å². The summed E-state index contributed by atoms with van der Waals surface area (Å²) >= 11 is 0. The summed E-state index contributed by atoms with van der Waals surface area (Å²) in [6.07, 6.45) is 5.25. The Bertz CT molecular complexity index is 824. The molecule has 3 rings (SSSR count). The Labute approximate surface area is 165 Å². The van der Waals surface area contributed by atoms with Crippen LogP contribution in [0.5, 0.6) is 0 Å². The molecule has 1 aromatic carbocycles. The van der Waals surface area contributed by atoms with Crippen molar-refractivity contribution in [1.82, 2.24) is 20.0 Å². The molecule has 0 atom stereocenters. The topological polar surface area (TPSA) is 97.8 Å². The summed E-state index contributed by atoms with van der Waals surface area (Å²) in [5, 5.41) is 7.48. The quantitative estimate of drug-likeness (QED) is 0.608. The number of nitrogens with two attached hydrogens (primary N) is 1. The maximum absolute atomic E-state index is 11.7. The van der Waals surface area contributed by atoms with Gasteiger partial charge in [0.2, 0.25) is 0 Å². The third-order valence-corrected chi connectivity index (χ3v) is 4.77. The lowest BCUT2D eigenvalue weighted by molar-refractivity contribution is 0.0963. The molecular formula is C20H28N6O2. The number of likely N-dealkylation sites (tertiary alicyclic amines) is 1. The van der Waals surface area contributed by atoms with E-state index in [1.54, 1.807) is 9.58 Å². The van der Waals surface area contributed by atoms with E-state index in [0.717, 1.165) is 29.5 Å². The van der Waals surface area contributed by atoms with Crippen molar-refractivity contribution in [3.05, 3.63) is 42.2 Å². The number of piperidine rings is 1. The molecule has 8 nitrogen and oxygen atoms in total. The number of guanidine groups is 1. The smallest absolute Gasteiger partial charge is 0.409 e. The molecule has 0 bridgehead atoms. The number of amides is 1. The van der Waals surface area contributed by atoms with E-state index < -0.39 is 0 Å². The minimum Gasteiger partial charge on any atom is -0.450 e. The fourth-order valence-corrected chi connectivity index (χ4v) is 3.27. The number of carbonyl (C=O) groups excluding carboxylic acids is 1. The van der Waals surface area contributed by atoms with Crippen LogP contribution < -0.4 is 11.1 Å². The number of rotatable bonds is 5. The van der Waals surface area contributed by atoms with Crippen molar-refractivity contribution >= 4 is 12.1 Å². The predicted octanol–water partition coefficient (Wildman–Crippen LogP) is 2.11. The van der Waals surface area contributed by atoms with Crippen molar-refractivity contribution in [3.63, 3.8) is 0 Å². The van der Waals surface area contributed by atoms with Crippen LogP contribution in [0.25, 0.3) is 11.1 Å². The van der Waals surface area contributed by atoms with Crippen molar-refractivity contribution in [3.8, 4) is 11.1 Å². The molecule has 1 amide bonds. The number of nitrogens with one attached hydrogen (secondary N) is 1. The van der Waals surface area contributed by atoms with Gasteiger partial charge in [-0.15, -0.1) is 0 Å². The molecule has 1 aromatic heterocycles. The Morgan fingerprint density at radius 2 is 2.14 bits per heavy atom. The number of aromatic nitrogens is 2. The Hall–Kier alpha value is -3.03. The van der Waals surface area contributed by atoms with Gasteiger partial charge in [0.15, 0.2) is 5.96 Å². The van der Waals surface area contributed by atoms with Crippen molar-refractivity contribution in [1.29, 1.82) is 0 Å². The van der Waals surface area contributed by atoms with Gasteiger partial charge in [-0.25, -0.2) is 9.79 Å². The molecular weight excluding hydrogens is 356 g/mol. The van der Waals surface area contributed by atoms with Gasteiger partial charge < -0.3 is 20.7 Å². The lowest BCUT2D eigenvalue weighted by atomic mass is 10.1. The van der Waals surface area contributed by atoms with E-state index in [2.05, 4.69) is 27.5 Å². The van der Waals surface area contributed by atoms with Gasteiger partial charge in [0, 0.05) is 37.9 Å². The number of aliphatic imine (C=N–C) groups is 1. The van der Waals surface area contributed by atoms with Gasteiger partial charge in [-0.1, -0.05) is 18.2 Å². The SMILES string of the molecule is CCOC(=O)N1CCC(NC(N)=NCc2cccc(-c3cnn(C)c3)c2)CC1. The van der Waals surface area contributed by atoms with E-state index in [-0.39, 0.29) is 12.1 Å². The number of benzene rings is 1. The summed E-state index contributed by atoms with van der Waals surface area (Å²) in [4.78, 5) is 18.0. The highest BCUT2D eigenvalue weighted by atomic mass is 16.6. The first-order valence-corrected chi connectivity index (χ1v) is 9.61. The Kier molecular flexibility index (Phi) is 6.52. The fraction of sp³-hybridized carbons (Fsp3) is 0.450. The van der Waals surface area contributed by atoms with Crippen LogP contribution in [0.3, 0.4) is 0 Å². The van der Waals surface area contributed by atoms with Gasteiger partial charge in [-0.05, 0) is 37.0 Å². The zero-order chi connectivity index (χ0) is 19.9. The summed E-state index contributed by atoms with van der Waals surface area (Å²) in [7, 11) is 1.90. The third kappa shape index (κ3) is 5.25. The maximum atomic E-state index is 11.7. The van der Waals surface area contributed by atoms with Gasteiger partial charge in [-0.2, -0.15) is 5.10 Å². The van der Waals surface area contributed by atoms with E-state index in [0.29, 0.717) is 32.2 Å². The predicted molar refractivity (Wildman–Crippen MR) is 109 cm³/mol. The van der Waals surface area contributed by atoms with Gasteiger partial charge in [0.1, 0.15) is 0 Å². The number of aryl methyl sites for hydroxylation is 1. The monoisotopic (exact) mass is 384 g/mol. The minimum atomic E-state index is -0.240. The first kappa shape index (κ1) is 19.7. The maximum Gasteiger partial charge on any atom is 0.409 e. The molecule has 0 unspecified atom stereocenters. The van der Waals surface area contributed by atoms with Crippen LogP contribution in [-0.4, -0.2) is 52.5 Å². The Balaban J connectivity index is 1.51. The molecule has 1 aliphatic heterocycles. The first-order chi connectivity index (χ1) is 13.5. The number of ether oxygens (including phenoxy) is 1. The highest BCUT2D eigenvalue weighted by molar-refractivity contribution is 5.78. The zero-order valence-corrected chi connectivity index (χ0v) is 16.5. The van der Waals surface area contributed by atoms with E-state index in [1.807, 2.05) is 38.5 Å². The third-order valence-electron chi connectivity index (χ3n) is 4.77. The average molecular weight is 384 g/mol. The van der Waals surface area contributed by atoms with Crippen molar-refractivity contribution in [2.45, 2.75) is 32.4 Å². The molecule has 1 aliphatic rings. The molecule has 150 valence electrons.